The molecule has 7 heteroatoms. The molecule has 0 spiro atoms. The maximum absolute atomic E-state index is 12.2. The molecular formula is C15H10IN3O3. The van der Waals surface area contributed by atoms with Crippen LogP contribution >= 0.6 is 22.6 Å². The zero-order valence-corrected chi connectivity index (χ0v) is 13.4. The van der Waals surface area contributed by atoms with Crippen molar-refractivity contribution in [2.75, 3.05) is 0 Å². The Kier molecular flexibility index (Phi) is 4.14. The maximum Gasteiger partial charge on any atom is 0.363 e. The smallest absolute Gasteiger partial charge is 0.363 e. The van der Waals surface area contributed by atoms with Gasteiger partial charge in [-0.1, -0.05) is 12.1 Å². The van der Waals surface area contributed by atoms with Gasteiger partial charge in [0, 0.05) is 9.77 Å². The van der Waals surface area contributed by atoms with Crippen molar-refractivity contribution in [3.05, 3.63) is 67.6 Å². The van der Waals surface area contributed by atoms with E-state index in [4.69, 9.17) is 4.74 Å². The van der Waals surface area contributed by atoms with Gasteiger partial charge >= 0.3 is 5.97 Å². The molecule has 110 valence electrons. The van der Waals surface area contributed by atoms with Crippen LogP contribution in [0.3, 0.4) is 0 Å². The molecule has 3 aromatic rings. The van der Waals surface area contributed by atoms with Gasteiger partial charge < -0.3 is 4.74 Å². The molecule has 0 aliphatic rings. The van der Waals surface area contributed by atoms with Gasteiger partial charge in [-0.3, -0.25) is 9.89 Å². The minimum absolute atomic E-state index is 0.0853. The van der Waals surface area contributed by atoms with Crippen LogP contribution < -0.4 is 5.43 Å². The molecule has 1 N–H and O–H groups in total. The van der Waals surface area contributed by atoms with Gasteiger partial charge in [0.1, 0.15) is 6.61 Å². The van der Waals surface area contributed by atoms with Gasteiger partial charge in [0.05, 0.1) is 5.39 Å². The molecule has 0 unspecified atom stereocenters. The molecule has 22 heavy (non-hydrogen) atoms. The lowest BCUT2D eigenvalue weighted by atomic mass is 10.2. The van der Waals surface area contributed by atoms with Gasteiger partial charge in [0.15, 0.2) is 5.65 Å². The van der Waals surface area contributed by atoms with Gasteiger partial charge in [-0.15, -0.1) is 0 Å². The quantitative estimate of drug-likeness (QED) is 0.532. The zero-order chi connectivity index (χ0) is 15.5. The van der Waals surface area contributed by atoms with Crippen molar-refractivity contribution in [3.8, 4) is 0 Å². The fourth-order valence-corrected chi connectivity index (χ4v) is 2.26. The molecule has 0 bridgehead atoms. The molecular weight excluding hydrogens is 397 g/mol. The number of hydrogen-bond donors (Lipinski definition) is 1. The number of halogens is 1. The summed E-state index contributed by atoms with van der Waals surface area (Å²) < 4.78 is 6.23. The summed E-state index contributed by atoms with van der Waals surface area (Å²) in [5.41, 5.74) is 0.412. The molecule has 0 saturated carbocycles. The van der Waals surface area contributed by atoms with Crippen molar-refractivity contribution < 1.29 is 9.53 Å². The van der Waals surface area contributed by atoms with Crippen LogP contribution in [0.15, 0.2) is 47.4 Å². The third kappa shape index (κ3) is 2.98. The molecule has 0 aliphatic carbocycles. The second-order valence-electron chi connectivity index (χ2n) is 4.50. The number of aromatic nitrogens is 3. The van der Waals surface area contributed by atoms with E-state index < -0.39 is 11.4 Å². The van der Waals surface area contributed by atoms with Crippen LogP contribution in [0.2, 0.25) is 0 Å². The fraction of sp³-hybridized carbons (Fsp3) is 0.0667. The number of nitrogens with one attached hydrogen (secondary N) is 1. The van der Waals surface area contributed by atoms with Crippen LogP contribution in [0, 0.1) is 3.57 Å². The Morgan fingerprint density at radius 2 is 2.00 bits per heavy atom. The van der Waals surface area contributed by atoms with Gasteiger partial charge in [-0.2, -0.15) is 5.10 Å². The average molecular weight is 407 g/mol. The molecule has 1 aromatic carbocycles. The van der Waals surface area contributed by atoms with Crippen molar-refractivity contribution in [2.24, 2.45) is 0 Å². The number of aromatic amines is 1. The first kappa shape index (κ1) is 14.6. The Balaban J connectivity index is 1.82. The summed E-state index contributed by atoms with van der Waals surface area (Å²) in [4.78, 5) is 28.2. The maximum atomic E-state index is 12.2. The number of carbonyl (C=O) groups is 1. The lowest BCUT2D eigenvalue weighted by molar-refractivity contribution is 0.0463. The molecule has 2 heterocycles. The van der Waals surface area contributed by atoms with Crippen LogP contribution in [0.1, 0.15) is 16.1 Å². The van der Waals surface area contributed by atoms with Crippen molar-refractivity contribution in [1.29, 1.82) is 0 Å². The number of hydrogen-bond acceptors (Lipinski definition) is 5. The summed E-state index contributed by atoms with van der Waals surface area (Å²) in [6, 6.07) is 10.7. The predicted molar refractivity (Wildman–Crippen MR) is 88.4 cm³/mol. The van der Waals surface area contributed by atoms with Crippen molar-refractivity contribution >= 4 is 39.6 Å². The van der Waals surface area contributed by atoms with E-state index >= 15 is 0 Å². The number of pyridine rings is 1. The molecule has 0 saturated heterocycles. The fourth-order valence-electron chi connectivity index (χ4n) is 1.90. The highest BCUT2D eigenvalue weighted by Gasteiger charge is 2.16. The average Bonchev–Trinajstić information content (AvgIpc) is 2.55. The van der Waals surface area contributed by atoms with Crippen LogP contribution in [-0.2, 0) is 11.3 Å². The first-order valence-electron chi connectivity index (χ1n) is 6.40. The second kappa shape index (κ2) is 6.22. The number of fused-ring (bicyclic) bond motifs is 1. The van der Waals surface area contributed by atoms with Gasteiger partial charge in [-0.25, -0.2) is 9.78 Å². The summed E-state index contributed by atoms with van der Waals surface area (Å²) in [5.74, 6) is -0.759. The van der Waals surface area contributed by atoms with Gasteiger partial charge in [0.25, 0.3) is 0 Å². The van der Waals surface area contributed by atoms with Gasteiger partial charge in [-0.05, 0) is 52.4 Å². The standard InChI is InChI=1S/C15H10IN3O3/c16-10-5-3-9(4-6-10)8-22-15(21)12-13(20)11-2-1-7-17-14(11)19-18-12/h1-7H,8H2,(H,17,19,20). The number of H-pyrrole nitrogens is 1. The topological polar surface area (TPSA) is 84.9 Å². The van der Waals surface area contributed by atoms with Gasteiger partial charge in [0.2, 0.25) is 11.1 Å². The van der Waals surface area contributed by atoms with Crippen LogP contribution in [0.25, 0.3) is 11.0 Å². The Hall–Kier alpha value is -2.29. The molecule has 6 nitrogen and oxygen atoms in total. The molecule has 2 aromatic heterocycles. The van der Waals surface area contributed by atoms with Crippen LogP contribution in [-0.4, -0.2) is 21.2 Å². The Morgan fingerprint density at radius 1 is 1.23 bits per heavy atom. The van der Waals surface area contributed by atoms with E-state index in [-0.39, 0.29) is 12.3 Å². The Bertz CT molecular complexity index is 890. The highest BCUT2D eigenvalue weighted by Crippen LogP contribution is 2.09. The van der Waals surface area contributed by atoms with Crippen molar-refractivity contribution in [2.45, 2.75) is 6.61 Å². The van der Waals surface area contributed by atoms with E-state index in [0.29, 0.717) is 11.0 Å². The number of rotatable bonds is 3. The predicted octanol–water partition coefficient (Wildman–Crippen LogP) is 2.28. The van der Waals surface area contributed by atoms with Crippen molar-refractivity contribution in [3.63, 3.8) is 0 Å². The third-order valence-corrected chi connectivity index (χ3v) is 3.74. The largest absolute Gasteiger partial charge is 0.456 e. The summed E-state index contributed by atoms with van der Waals surface area (Å²) >= 11 is 2.19. The highest BCUT2D eigenvalue weighted by molar-refractivity contribution is 14.1. The van der Waals surface area contributed by atoms with Crippen molar-refractivity contribution in [1.82, 2.24) is 15.2 Å². The number of ether oxygens (including phenoxy) is 1. The first-order valence-corrected chi connectivity index (χ1v) is 7.48. The number of benzene rings is 1. The monoisotopic (exact) mass is 407 g/mol. The summed E-state index contributed by atoms with van der Waals surface area (Å²) in [5, 5.41) is 6.65. The number of carbonyl (C=O) groups excluding carboxylic acids is 1. The molecule has 0 amide bonds. The van der Waals surface area contributed by atoms with E-state index in [0.717, 1.165) is 9.13 Å². The molecule has 0 radical (unpaired) electrons. The highest BCUT2D eigenvalue weighted by atomic mass is 127. The van der Waals surface area contributed by atoms with E-state index in [1.807, 2.05) is 24.3 Å². The summed E-state index contributed by atoms with van der Waals surface area (Å²) in [6.07, 6.45) is 1.54. The summed E-state index contributed by atoms with van der Waals surface area (Å²) in [7, 11) is 0. The van der Waals surface area contributed by atoms with E-state index in [1.54, 1.807) is 12.1 Å². The van der Waals surface area contributed by atoms with E-state index in [2.05, 4.69) is 37.8 Å². The Labute approximate surface area is 138 Å². The van der Waals surface area contributed by atoms with Crippen LogP contribution in [0.5, 0.6) is 0 Å². The molecule has 0 atom stereocenters. The zero-order valence-electron chi connectivity index (χ0n) is 11.2. The third-order valence-electron chi connectivity index (χ3n) is 3.02. The minimum atomic E-state index is -0.759. The number of nitrogens with zero attached hydrogens (tertiary/aromatic N) is 2. The SMILES string of the molecule is O=C(OCc1ccc(I)cc1)c1n[nH]c2ncccc2c1=O. The minimum Gasteiger partial charge on any atom is -0.456 e. The van der Waals surface area contributed by atoms with E-state index in [1.165, 1.54) is 6.20 Å². The lowest BCUT2D eigenvalue weighted by Crippen LogP contribution is -2.21. The second-order valence-corrected chi connectivity index (χ2v) is 5.75. The first-order chi connectivity index (χ1) is 10.6. The molecule has 0 fully saturated rings. The lowest BCUT2D eigenvalue weighted by Gasteiger charge is -2.04. The molecule has 3 rings (SSSR count). The Morgan fingerprint density at radius 3 is 2.77 bits per heavy atom. The van der Waals surface area contributed by atoms with Crippen LogP contribution in [0.4, 0.5) is 0 Å². The normalized spacial score (nSPS) is 10.6. The van der Waals surface area contributed by atoms with E-state index in [9.17, 15) is 9.59 Å². The summed E-state index contributed by atoms with van der Waals surface area (Å²) in [6.45, 7) is 0.0853. The number of esters is 1. The molecule has 0 aliphatic heterocycles.